The summed E-state index contributed by atoms with van der Waals surface area (Å²) in [5.41, 5.74) is 1.43. The van der Waals surface area contributed by atoms with Crippen LogP contribution in [0.5, 0.6) is 0 Å². The molecule has 1 amide bonds. The molecule has 1 atom stereocenters. The number of aromatic nitrogens is 4. The van der Waals surface area contributed by atoms with Crippen LogP contribution in [0.4, 0.5) is 0 Å². The molecule has 1 aliphatic heterocycles. The number of pyridine rings is 1. The van der Waals surface area contributed by atoms with E-state index in [-0.39, 0.29) is 23.1 Å². The Bertz CT molecular complexity index is 1070. The topological polar surface area (TPSA) is 72.5 Å². The second-order valence-electron chi connectivity index (χ2n) is 7.51. The zero-order valence-electron chi connectivity index (χ0n) is 16.3. The maximum atomic E-state index is 13.2. The van der Waals surface area contributed by atoms with Crippen molar-refractivity contribution in [2.75, 3.05) is 6.54 Å². The number of piperidine rings is 1. The van der Waals surface area contributed by atoms with Gasteiger partial charge in [0, 0.05) is 43.9 Å². The van der Waals surface area contributed by atoms with E-state index in [1.807, 2.05) is 37.1 Å². The second-order valence-corrected chi connectivity index (χ2v) is 7.51. The van der Waals surface area contributed by atoms with E-state index in [0.717, 1.165) is 43.6 Å². The fourth-order valence-electron chi connectivity index (χ4n) is 3.97. The van der Waals surface area contributed by atoms with Crippen LogP contribution in [0.3, 0.4) is 0 Å². The van der Waals surface area contributed by atoms with Gasteiger partial charge in [0.1, 0.15) is 17.0 Å². The summed E-state index contributed by atoms with van der Waals surface area (Å²) in [7, 11) is 0. The minimum Gasteiger partial charge on any atom is -0.335 e. The van der Waals surface area contributed by atoms with E-state index in [9.17, 15) is 9.59 Å². The van der Waals surface area contributed by atoms with Crippen LogP contribution < -0.4 is 5.56 Å². The van der Waals surface area contributed by atoms with Gasteiger partial charge in [-0.15, -0.1) is 0 Å². The summed E-state index contributed by atoms with van der Waals surface area (Å²) in [6.07, 6.45) is 10.8. The van der Waals surface area contributed by atoms with Crippen molar-refractivity contribution in [1.82, 2.24) is 23.8 Å². The van der Waals surface area contributed by atoms with Crippen LogP contribution in [0.15, 0.2) is 41.7 Å². The number of carbonyl (C=O) groups is 1. The third kappa shape index (κ3) is 3.44. The molecule has 28 heavy (non-hydrogen) atoms. The smallest absolute Gasteiger partial charge is 0.270 e. The van der Waals surface area contributed by atoms with Gasteiger partial charge in [0.15, 0.2) is 0 Å². The first kappa shape index (κ1) is 18.4. The molecule has 1 saturated heterocycles. The third-order valence-electron chi connectivity index (χ3n) is 5.61. The summed E-state index contributed by atoms with van der Waals surface area (Å²) in [6.45, 7) is 5.43. The average molecular weight is 379 g/mol. The lowest BCUT2D eigenvalue weighted by molar-refractivity contribution is 0.0593. The van der Waals surface area contributed by atoms with Gasteiger partial charge in [-0.2, -0.15) is 0 Å². The van der Waals surface area contributed by atoms with Crippen molar-refractivity contribution >= 4 is 11.6 Å². The van der Waals surface area contributed by atoms with Gasteiger partial charge < -0.3 is 9.47 Å². The van der Waals surface area contributed by atoms with Crippen molar-refractivity contribution in [3.8, 4) is 0 Å². The fourth-order valence-corrected chi connectivity index (χ4v) is 3.97. The molecule has 0 spiro atoms. The highest BCUT2D eigenvalue weighted by Crippen LogP contribution is 2.22. The lowest BCUT2D eigenvalue weighted by atomic mass is 9.98. The number of nitrogens with zero attached hydrogens (tertiary/aromatic N) is 5. The maximum Gasteiger partial charge on any atom is 0.270 e. The molecule has 3 aromatic rings. The number of imidazole rings is 1. The van der Waals surface area contributed by atoms with Crippen molar-refractivity contribution in [3.63, 3.8) is 0 Å². The highest BCUT2D eigenvalue weighted by Gasteiger charge is 2.29. The Morgan fingerprint density at radius 1 is 1.21 bits per heavy atom. The van der Waals surface area contributed by atoms with Crippen LogP contribution in [0.1, 0.15) is 47.4 Å². The number of aryl methyl sites for hydroxylation is 3. The SMILES string of the molecule is Cc1ccn2c(=O)c(C(=O)N3CCCC[C@@H]3CCn3ccnc3C)cnc2c1. The van der Waals surface area contributed by atoms with Gasteiger partial charge in [-0.25, -0.2) is 9.97 Å². The number of hydrogen-bond donors (Lipinski definition) is 0. The van der Waals surface area contributed by atoms with Crippen LogP contribution in [-0.2, 0) is 6.54 Å². The van der Waals surface area contributed by atoms with Crippen molar-refractivity contribution in [3.05, 3.63) is 64.2 Å². The minimum absolute atomic E-state index is 0.126. The molecule has 0 aliphatic carbocycles. The molecule has 1 aliphatic rings. The van der Waals surface area contributed by atoms with Gasteiger partial charge in [-0.1, -0.05) is 0 Å². The number of likely N-dealkylation sites (tertiary alicyclic amines) is 1. The van der Waals surface area contributed by atoms with Crippen LogP contribution in [0, 0.1) is 13.8 Å². The van der Waals surface area contributed by atoms with Gasteiger partial charge in [0.2, 0.25) is 0 Å². The summed E-state index contributed by atoms with van der Waals surface area (Å²) in [6, 6.07) is 3.81. The maximum absolute atomic E-state index is 13.2. The second kappa shape index (κ2) is 7.58. The molecule has 1 fully saturated rings. The molecule has 0 radical (unpaired) electrons. The average Bonchev–Trinajstić information content (AvgIpc) is 3.11. The highest BCUT2D eigenvalue weighted by molar-refractivity contribution is 5.94. The predicted octanol–water partition coefficient (Wildman–Crippen LogP) is 2.59. The molecular formula is C21H25N5O2. The third-order valence-corrected chi connectivity index (χ3v) is 5.61. The quantitative estimate of drug-likeness (QED) is 0.698. The summed E-state index contributed by atoms with van der Waals surface area (Å²) >= 11 is 0. The molecule has 0 unspecified atom stereocenters. The number of hydrogen-bond acceptors (Lipinski definition) is 4. The van der Waals surface area contributed by atoms with Crippen molar-refractivity contribution in [1.29, 1.82) is 0 Å². The largest absolute Gasteiger partial charge is 0.335 e. The lowest BCUT2D eigenvalue weighted by Crippen LogP contribution is -2.46. The Morgan fingerprint density at radius 3 is 2.86 bits per heavy atom. The van der Waals surface area contributed by atoms with Crippen molar-refractivity contribution in [2.45, 2.75) is 52.1 Å². The monoisotopic (exact) mass is 379 g/mol. The number of fused-ring (bicyclic) bond motifs is 1. The summed E-state index contributed by atoms with van der Waals surface area (Å²) < 4.78 is 3.56. The van der Waals surface area contributed by atoms with E-state index in [2.05, 4.69) is 14.5 Å². The zero-order valence-corrected chi connectivity index (χ0v) is 16.3. The first-order valence-electron chi connectivity index (χ1n) is 9.81. The molecule has 0 N–H and O–H groups in total. The van der Waals surface area contributed by atoms with Crippen LogP contribution in [-0.4, -0.2) is 42.3 Å². The molecule has 7 nitrogen and oxygen atoms in total. The Labute approximate surface area is 163 Å². The Hall–Kier alpha value is -2.96. The molecule has 146 valence electrons. The molecule has 4 rings (SSSR count). The van der Waals surface area contributed by atoms with Crippen LogP contribution in [0.25, 0.3) is 5.65 Å². The Morgan fingerprint density at radius 2 is 2.07 bits per heavy atom. The predicted molar refractivity (Wildman–Crippen MR) is 106 cm³/mol. The lowest BCUT2D eigenvalue weighted by Gasteiger charge is -2.36. The Kier molecular flexibility index (Phi) is 4.98. The fraction of sp³-hybridized carbons (Fsp3) is 0.429. The molecule has 3 aromatic heterocycles. The van der Waals surface area contributed by atoms with Gasteiger partial charge in [-0.05, 0) is 57.2 Å². The first-order valence-corrected chi connectivity index (χ1v) is 9.81. The standard InChI is InChI=1S/C21H25N5O2/c1-15-6-11-26-19(13-15)23-14-18(21(26)28)20(27)25-9-4-3-5-17(25)7-10-24-12-8-22-16(24)2/h6,8,11-14,17H,3-5,7,9-10H2,1-2H3/t17-/m1/s1. The highest BCUT2D eigenvalue weighted by atomic mass is 16.2. The van der Waals surface area contributed by atoms with E-state index in [4.69, 9.17) is 0 Å². The summed E-state index contributed by atoms with van der Waals surface area (Å²) in [5.74, 6) is 0.764. The van der Waals surface area contributed by atoms with E-state index in [1.54, 1.807) is 12.4 Å². The summed E-state index contributed by atoms with van der Waals surface area (Å²) in [5, 5.41) is 0. The molecule has 4 heterocycles. The normalized spacial score (nSPS) is 17.2. The van der Waals surface area contributed by atoms with Gasteiger partial charge >= 0.3 is 0 Å². The van der Waals surface area contributed by atoms with E-state index in [0.29, 0.717) is 12.2 Å². The molecule has 0 bridgehead atoms. The van der Waals surface area contributed by atoms with Gasteiger partial charge in [0.05, 0.1) is 0 Å². The first-order chi connectivity index (χ1) is 13.5. The van der Waals surface area contributed by atoms with Gasteiger partial charge in [0.25, 0.3) is 11.5 Å². The Balaban J connectivity index is 1.59. The van der Waals surface area contributed by atoms with Crippen molar-refractivity contribution in [2.24, 2.45) is 0 Å². The van der Waals surface area contributed by atoms with E-state index < -0.39 is 0 Å². The van der Waals surface area contributed by atoms with Gasteiger partial charge in [-0.3, -0.25) is 14.0 Å². The number of rotatable bonds is 4. The zero-order chi connectivity index (χ0) is 19.7. The number of carbonyl (C=O) groups excluding carboxylic acids is 1. The minimum atomic E-state index is -0.301. The van der Waals surface area contributed by atoms with Crippen LogP contribution in [0.2, 0.25) is 0 Å². The summed E-state index contributed by atoms with van der Waals surface area (Å²) in [4.78, 5) is 36.6. The molecule has 7 heteroatoms. The number of amides is 1. The van der Waals surface area contributed by atoms with Crippen LogP contribution >= 0.6 is 0 Å². The molecule has 0 aromatic carbocycles. The van der Waals surface area contributed by atoms with E-state index >= 15 is 0 Å². The van der Waals surface area contributed by atoms with E-state index in [1.165, 1.54) is 10.6 Å². The molecular weight excluding hydrogens is 354 g/mol. The molecule has 0 saturated carbocycles. The van der Waals surface area contributed by atoms with Crippen molar-refractivity contribution < 1.29 is 4.79 Å².